The van der Waals surface area contributed by atoms with Gasteiger partial charge in [0.1, 0.15) is 0 Å². The minimum absolute atomic E-state index is 0.530. The summed E-state index contributed by atoms with van der Waals surface area (Å²) >= 11 is 0. The molecular formula is C9H17N3O. The van der Waals surface area contributed by atoms with Crippen molar-refractivity contribution in [2.24, 2.45) is 5.92 Å². The molecule has 0 aliphatic rings. The van der Waals surface area contributed by atoms with Gasteiger partial charge >= 0.3 is 0 Å². The normalized spacial score (nSPS) is 13.5. The van der Waals surface area contributed by atoms with Gasteiger partial charge in [0.2, 0.25) is 5.89 Å². The molecule has 0 fully saturated rings. The topological polar surface area (TPSA) is 51.0 Å². The zero-order valence-corrected chi connectivity index (χ0v) is 8.45. The number of nitrogens with zero attached hydrogens (tertiary/aromatic N) is 2. The highest BCUT2D eigenvalue weighted by atomic mass is 16.5. The Kier molecular flexibility index (Phi) is 3.89. The van der Waals surface area contributed by atoms with Crippen molar-refractivity contribution in [1.29, 1.82) is 0 Å². The van der Waals surface area contributed by atoms with Crippen LogP contribution in [0.25, 0.3) is 0 Å². The predicted molar refractivity (Wildman–Crippen MR) is 50.3 cm³/mol. The van der Waals surface area contributed by atoms with Crippen LogP contribution < -0.4 is 5.32 Å². The number of nitrogens with one attached hydrogen (secondary N) is 1. The van der Waals surface area contributed by atoms with E-state index in [0.717, 1.165) is 13.0 Å². The third kappa shape index (κ3) is 3.55. The molecule has 1 heterocycles. The Morgan fingerprint density at radius 3 is 2.77 bits per heavy atom. The summed E-state index contributed by atoms with van der Waals surface area (Å²) in [4.78, 5) is 3.94. The van der Waals surface area contributed by atoms with Crippen LogP contribution in [0.2, 0.25) is 0 Å². The highest BCUT2D eigenvalue weighted by Crippen LogP contribution is 1.99. The summed E-state index contributed by atoms with van der Waals surface area (Å²) in [5, 5.41) is 6.93. The summed E-state index contributed by atoms with van der Waals surface area (Å²) in [7, 11) is 0. The van der Waals surface area contributed by atoms with Gasteiger partial charge in [0.15, 0.2) is 6.33 Å². The van der Waals surface area contributed by atoms with Gasteiger partial charge in [0, 0.05) is 19.0 Å². The van der Waals surface area contributed by atoms with Gasteiger partial charge in [-0.1, -0.05) is 19.0 Å². The molecule has 1 aromatic heterocycles. The fraction of sp³-hybridized carbons (Fsp3) is 0.778. The summed E-state index contributed by atoms with van der Waals surface area (Å²) in [6.45, 7) is 7.47. The molecule has 0 amide bonds. The Balaban J connectivity index is 2.14. The maximum Gasteiger partial charge on any atom is 0.227 e. The van der Waals surface area contributed by atoms with Gasteiger partial charge in [-0.25, -0.2) is 0 Å². The van der Waals surface area contributed by atoms with Gasteiger partial charge in [-0.05, 0) is 12.8 Å². The summed E-state index contributed by atoms with van der Waals surface area (Å²) < 4.78 is 4.87. The van der Waals surface area contributed by atoms with Gasteiger partial charge in [0.05, 0.1) is 0 Å². The fourth-order valence-corrected chi connectivity index (χ4v) is 0.949. The second kappa shape index (κ2) is 4.97. The van der Waals surface area contributed by atoms with Crippen molar-refractivity contribution in [3.63, 3.8) is 0 Å². The zero-order valence-electron chi connectivity index (χ0n) is 8.45. The molecule has 1 N–H and O–H groups in total. The monoisotopic (exact) mass is 183 g/mol. The number of aromatic nitrogens is 2. The molecule has 0 aliphatic carbocycles. The highest BCUT2D eigenvalue weighted by Gasteiger charge is 2.06. The van der Waals surface area contributed by atoms with E-state index in [4.69, 9.17) is 4.52 Å². The molecule has 1 rings (SSSR count). The largest absolute Gasteiger partial charge is 0.340 e. The minimum atomic E-state index is 0.530. The minimum Gasteiger partial charge on any atom is -0.340 e. The average molecular weight is 183 g/mol. The molecule has 4 heteroatoms. The maximum atomic E-state index is 4.87. The van der Waals surface area contributed by atoms with Crippen LogP contribution >= 0.6 is 0 Å². The van der Waals surface area contributed by atoms with Crippen LogP contribution in [-0.4, -0.2) is 22.7 Å². The lowest BCUT2D eigenvalue weighted by molar-refractivity contribution is 0.364. The van der Waals surface area contributed by atoms with Gasteiger partial charge in [0.25, 0.3) is 0 Å². The first kappa shape index (κ1) is 10.2. The van der Waals surface area contributed by atoms with Crippen molar-refractivity contribution in [3.05, 3.63) is 12.2 Å². The van der Waals surface area contributed by atoms with Crippen LogP contribution in [0.5, 0.6) is 0 Å². The van der Waals surface area contributed by atoms with E-state index in [9.17, 15) is 0 Å². The van der Waals surface area contributed by atoms with Gasteiger partial charge in [-0.2, -0.15) is 4.98 Å². The number of rotatable bonds is 5. The molecule has 0 aliphatic heterocycles. The van der Waals surface area contributed by atoms with Crippen LogP contribution in [0, 0.1) is 5.92 Å². The lowest BCUT2D eigenvalue weighted by atomic mass is 10.1. The fourth-order valence-electron chi connectivity index (χ4n) is 0.949. The molecule has 4 nitrogen and oxygen atoms in total. The molecule has 0 spiro atoms. The van der Waals surface area contributed by atoms with E-state index < -0.39 is 0 Å². The van der Waals surface area contributed by atoms with Gasteiger partial charge < -0.3 is 9.84 Å². The first-order valence-corrected chi connectivity index (χ1v) is 4.69. The molecule has 1 unspecified atom stereocenters. The predicted octanol–water partition coefficient (Wildman–Crippen LogP) is 1.25. The van der Waals surface area contributed by atoms with Crippen molar-refractivity contribution >= 4 is 0 Å². The molecule has 0 aromatic carbocycles. The molecule has 0 bridgehead atoms. The van der Waals surface area contributed by atoms with E-state index in [0.29, 0.717) is 17.9 Å². The quantitative estimate of drug-likeness (QED) is 0.746. The Labute approximate surface area is 78.7 Å². The summed E-state index contributed by atoms with van der Waals surface area (Å²) in [5.74, 6) is 1.35. The van der Waals surface area contributed by atoms with Crippen molar-refractivity contribution in [1.82, 2.24) is 15.5 Å². The lowest BCUT2D eigenvalue weighted by Crippen LogP contribution is -2.32. The third-order valence-electron chi connectivity index (χ3n) is 2.21. The Bertz CT molecular complexity index is 221. The molecule has 0 radical (unpaired) electrons. The van der Waals surface area contributed by atoms with Gasteiger partial charge in [-0.3, -0.25) is 0 Å². The molecule has 0 saturated carbocycles. The van der Waals surface area contributed by atoms with Crippen LogP contribution in [0.3, 0.4) is 0 Å². The molecule has 74 valence electrons. The van der Waals surface area contributed by atoms with E-state index in [1.54, 1.807) is 0 Å². The number of hydrogen-bond donors (Lipinski definition) is 1. The SMILES string of the molecule is CC(C)C(C)NCCc1ncno1. The molecule has 13 heavy (non-hydrogen) atoms. The summed E-state index contributed by atoms with van der Waals surface area (Å²) in [6, 6.07) is 0.530. The van der Waals surface area contributed by atoms with E-state index in [2.05, 4.69) is 36.2 Å². The van der Waals surface area contributed by atoms with Crippen LogP contribution in [0.4, 0.5) is 0 Å². The Hall–Kier alpha value is -0.900. The Morgan fingerprint density at radius 2 is 2.23 bits per heavy atom. The number of hydrogen-bond acceptors (Lipinski definition) is 4. The standard InChI is InChI=1S/C9H17N3O/c1-7(2)8(3)10-5-4-9-11-6-12-13-9/h6-8,10H,4-5H2,1-3H3. The van der Waals surface area contributed by atoms with E-state index in [1.165, 1.54) is 6.33 Å². The summed E-state index contributed by atoms with van der Waals surface area (Å²) in [6.07, 6.45) is 2.23. The van der Waals surface area contributed by atoms with Gasteiger partial charge in [-0.15, -0.1) is 0 Å². The van der Waals surface area contributed by atoms with E-state index >= 15 is 0 Å². The highest BCUT2D eigenvalue weighted by molar-refractivity contribution is 4.76. The van der Waals surface area contributed by atoms with E-state index in [1.807, 2.05) is 0 Å². The van der Waals surface area contributed by atoms with Crippen molar-refractivity contribution in [2.45, 2.75) is 33.2 Å². The average Bonchev–Trinajstić information content (AvgIpc) is 2.56. The van der Waals surface area contributed by atoms with Crippen molar-refractivity contribution < 1.29 is 4.52 Å². The van der Waals surface area contributed by atoms with Crippen LogP contribution in [0.15, 0.2) is 10.9 Å². The maximum absolute atomic E-state index is 4.87. The molecule has 1 aromatic rings. The zero-order chi connectivity index (χ0) is 9.68. The first-order chi connectivity index (χ1) is 6.20. The van der Waals surface area contributed by atoms with Crippen LogP contribution in [-0.2, 0) is 6.42 Å². The lowest BCUT2D eigenvalue weighted by Gasteiger charge is -2.16. The van der Waals surface area contributed by atoms with Crippen molar-refractivity contribution in [3.8, 4) is 0 Å². The Morgan fingerprint density at radius 1 is 1.46 bits per heavy atom. The molecular weight excluding hydrogens is 166 g/mol. The second-order valence-electron chi connectivity index (χ2n) is 3.57. The first-order valence-electron chi connectivity index (χ1n) is 4.69. The van der Waals surface area contributed by atoms with E-state index in [-0.39, 0.29) is 0 Å². The molecule has 0 saturated heterocycles. The second-order valence-corrected chi connectivity index (χ2v) is 3.57. The third-order valence-corrected chi connectivity index (χ3v) is 2.21. The van der Waals surface area contributed by atoms with Crippen molar-refractivity contribution in [2.75, 3.05) is 6.54 Å². The smallest absolute Gasteiger partial charge is 0.227 e. The summed E-state index contributed by atoms with van der Waals surface area (Å²) in [5.41, 5.74) is 0. The van der Waals surface area contributed by atoms with Crippen LogP contribution in [0.1, 0.15) is 26.7 Å². The molecule has 1 atom stereocenters.